The lowest BCUT2D eigenvalue weighted by molar-refractivity contribution is 0.382. The maximum atomic E-state index is 8.81. The van der Waals surface area contributed by atoms with Gasteiger partial charge < -0.3 is 10.6 Å². The van der Waals surface area contributed by atoms with Gasteiger partial charge in [0.05, 0.1) is 0 Å². The van der Waals surface area contributed by atoms with Crippen LogP contribution in [0.3, 0.4) is 0 Å². The largest absolute Gasteiger partial charge is 0.341 e. The van der Waals surface area contributed by atoms with Crippen LogP contribution in [-0.4, -0.2) is 29.1 Å². The van der Waals surface area contributed by atoms with Gasteiger partial charge >= 0.3 is 0 Å². The molecule has 1 aromatic rings. The third kappa shape index (κ3) is 2.71. The number of nitrogens with two attached hydrogens (primary N) is 1. The van der Waals surface area contributed by atoms with Crippen molar-refractivity contribution in [3.05, 3.63) is 18.0 Å². The van der Waals surface area contributed by atoms with Crippen LogP contribution in [0, 0.1) is 11.3 Å². The van der Waals surface area contributed by atoms with Gasteiger partial charge in [-0.15, -0.1) is 0 Å². The topological polar surface area (TPSA) is 78.8 Å². The number of nitrogens with zero attached hydrogens (tertiary/aromatic N) is 4. The summed E-state index contributed by atoms with van der Waals surface area (Å²) in [5.41, 5.74) is 6.30. The van der Waals surface area contributed by atoms with E-state index in [9.17, 15) is 0 Å². The van der Waals surface area contributed by atoms with Gasteiger partial charge in [-0.3, -0.25) is 0 Å². The van der Waals surface area contributed by atoms with Gasteiger partial charge in [-0.25, -0.2) is 9.97 Å². The Morgan fingerprint density at radius 2 is 2.12 bits per heavy atom. The molecule has 1 aliphatic rings. The summed E-state index contributed by atoms with van der Waals surface area (Å²) in [6.45, 7) is 0. The molecule has 5 heteroatoms. The zero-order valence-corrected chi connectivity index (χ0v) is 10.0. The van der Waals surface area contributed by atoms with Crippen molar-refractivity contribution < 1.29 is 0 Å². The quantitative estimate of drug-likeness (QED) is 0.823. The molecule has 0 bridgehead atoms. The first-order valence-corrected chi connectivity index (χ1v) is 5.92. The molecule has 5 nitrogen and oxygen atoms in total. The van der Waals surface area contributed by atoms with E-state index in [1.807, 2.05) is 13.1 Å². The van der Waals surface area contributed by atoms with E-state index < -0.39 is 0 Å². The third-order valence-electron chi connectivity index (χ3n) is 3.36. The molecule has 1 aliphatic carbocycles. The Morgan fingerprint density at radius 1 is 1.41 bits per heavy atom. The van der Waals surface area contributed by atoms with E-state index in [4.69, 9.17) is 11.0 Å². The molecule has 0 atom stereocenters. The first-order chi connectivity index (χ1) is 8.20. The Hall–Kier alpha value is -1.67. The van der Waals surface area contributed by atoms with Crippen molar-refractivity contribution in [1.82, 2.24) is 9.97 Å². The van der Waals surface area contributed by atoms with Gasteiger partial charge in [-0.05, 0) is 31.7 Å². The van der Waals surface area contributed by atoms with Crippen LogP contribution >= 0.6 is 0 Å². The number of hydrogen-bond acceptors (Lipinski definition) is 5. The van der Waals surface area contributed by atoms with E-state index in [2.05, 4.69) is 14.9 Å². The molecule has 0 amide bonds. The van der Waals surface area contributed by atoms with Gasteiger partial charge in [-0.1, -0.05) is 0 Å². The summed E-state index contributed by atoms with van der Waals surface area (Å²) in [6, 6.07) is 4.43. The predicted octanol–water partition coefficient (Wildman–Crippen LogP) is 1.05. The molecule has 2 N–H and O–H groups in total. The van der Waals surface area contributed by atoms with E-state index in [0.29, 0.717) is 23.7 Å². The van der Waals surface area contributed by atoms with Gasteiger partial charge in [0.2, 0.25) is 5.95 Å². The molecule has 1 aromatic heterocycles. The average Bonchev–Trinajstić information content (AvgIpc) is 2.39. The van der Waals surface area contributed by atoms with E-state index in [-0.39, 0.29) is 0 Å². The first kappa shape index (κ1) is 11.8. The maximum Gasteiger partial charge on any atom is 0.226 e. The highest BCUT2D eigenvalue weighted by Gasteiger charge is 2.23. The van der Waals surface area contributed by atoms with Crippen molar-refractivity contribution in [2.75, 3.05) is 11.9 Å². The molecule has 0 unspecified atom stereocenters. The van der Waals surface area contributed by atoms with Gasteiger partial charge in [-0.2, -0.15) is 5.26 Å². The van der Waals surface area contributed by atoms with Crippen LogP contribution in [-0.2, 0) is 0 Å². The van der Waals surface area contributed by atoms with Gasteiger partial charge in [0.15, 0.2) is 0 Å². The predicted molar refractivity (Wildman–Crippen MR) is 65.4 cm³/mol. The molecule has 90 valence electrons. The number of rotatable bonds is 2. The van der Waals surface area contributed by atoms with E-state index in [1.54, 1.807) is 12.3 Å². The summed E-state index contributed by atoms with van der Waals surface area (Å²) in [5.74, 6) is 0.629. The highest BCUT2D eigenvalue weighted by atomic mass is 15.2. The van der Waals surface area contributed by atoms with Crippen molar-refractivity contribution in [2.45, 2.75) is 37.8 Å². The van der Waals surface area contributed by atoms with Crippen molar-refractivity contribution in [3.63, 3.8) is 0 Å². The van der Waals surface area contributed by atoms with Gasteiger partial charge in [0, 0.05) is 25.3 Å². The summed E-state index contributed by atoms with van der Waals surface area (Å²) in [5, 5.41) is 8.81. The Morgan fingerprint density at radius 3 is 2.76 bits per heavy atom. The number of hydrogen-bond donors (Lipinski definition) is 1. The Labute approximate surface area is 101 Å². The second-order valence-electron chi connectivity index (χ2n) is 4.53. The molecule has 2 rings (SSSR count). The molecule has 0 saturated heterocycles. The van der Waals surface area contributed by atoms with Crippen LogP contribution in [0.5, 0.6) is 0 Å². The standard InChI is InChI=1S/C12H17N5/c1-17(11-4-2-9(14)3-5-11)12-15-7-6-10(8-13)16-12/h6-7,9,11H,2-5,14H2,1H3. The number of nitriles is 1. The summed E-state index contributed by atoms with van der Waals surface area (Å²) in [4.78, 5) is 10.5. The normalized spacial score (nSPS) is 24.1. The lowest BCUT2D eigenvalue weighted by Gasteiger charge is -2.33. The lowest BCUT2D eigenvalue weighted by Crippen LogP contribution is -2.39. The fraction of sp³-hybridized carbons (Fsp3) is 0.583. The Bertz CT molecular complexity index is 417. The summed E-state index contributed by atoms with van der Waals surface area (Å²) in [6.07, 6.45) is 5.86. The monoisotopic (exact) mass is 231 g/mol. The van der Waals surface area contributed by atoms with Crippen LogP contribution in [0.1, 0.15) is 31.4 Å². The molecule has 1 heterocycles. The van der Waals surface area contributed by atoms with Crippen LogP contribution in [0.15, 0.2) is 12.3 Å². The average molecular weight is 231 g/mol. The Balaban J connectivity index is 2.08. The molecule has 1 saturated carbocycles. The molecule has 17 heavy (non-hydrogen) atoms. The minimum atomic E-state index is 0.339. The zero-order valence-electron chi connectivity index (χ0n) is 10.0. The Kier molecular flexibility index (Phi) is 3.55. The minimum Gasteiger partial charge on any atom is -0.341 e. The molecule has 0 radical (unpaired) electrons. The highest BCUT2D eigenvalue weighted by Crippen LogP contribution is 2.23. The van der Waals surface area contributed by atoms with Gasteiger partial charge in [0.25, 0.3) is 0 Å². The molecule has 0 aromatic carbocycles. The number of anilines is 1. The van der Waals surface area contributed by atoms with Crippen molar-refractivity contribution in [1.29, 1.82) is 5.26 Å². The van der Waals surface area contributed by atoms with E-state index in [0.717, 1.165) is 25.7 Å². The molecule has 1 fully saturated rings. The summed E-state index contributed by atoms with van der Waals surface area (Å²) < 4.78 is 0. The fourth-order valence-electron chi connectivity index (χ4n) is 2.23. The van der Waals surface area contributed by atoms with Crippen molar-refractivity contribution in [3.8, 4) is 6.07 Å². The van der Waals surface area contributed by atoms with E-state index in [1.165, 1.54) is 0 Å². The molecular weight excluding hydrogens is 214 g/mol. The number of aromatic nitrogens is 2. The molecule has 0 aliphatic heterocycles. The van der Waals surface area contributed by atoms with Crippen LogP contribution < -0.4 is 10.6 Å². The van der Waals surface area contributed by atoms with Crippen LogP contribution in [0.25, 0.3) is 0 Å². The van der Waals surface area contributed by atoms with E-state index >= 15 is 0 Å². The SMILES string of the molecule is CN(c1nccc(C#N)n1)C1CCC(N)CC1. The summed E-state index contributed by atoms with van der Waals surface area (Å²) in [7, 11) is 1.98. The maximum absolute atomic E-state index is 8.81. The lowest BCUT2D eigenvalue weighted by atomic mass is 9.91. The van der Waals surface area contributed by atoms with Crippen LogP contribution in [0.4, 0.5) is 5.95 Å². The molecule has 0 spiro atoms. The zero-order chi connectivity index (χ0) is 12.3. The minimum absolute atomic E-state index is 0.339. The third-order valence-corrected chi connectivity index (χ3v) is 3.36. The molecular formula is C12H17N5. The fourth-order valence-corrected chi connectivity index (χ4v) is 2.23. The smallest absolute Gasteiger partial charge is 0.226 e. The second-order valence-corrected chi connectivity index (χ2v) is 4.53. The van der Waals surface area contributed by atoms with Crippen molar-refractivity contribution >= 4 is 5.95 Å². The highest BCUT2D eigenvalue weighted by molar-refractivity contribution is 5.34. The van der Waals surface area contributed by atoms with Crippen molar-refractivity contribution in [2.24, 2.45) is 5.73 Å². The first-order valence-electron chi connectivity index (χ1n) is 5.92. The van der Waals surface area contributed by atoms with Gasteiger partial charge in [0.1, 0.15) is 11.8 Å². The van der Waals surface area contributed by atoms with Crippen LogP contribution in [0.2, 0.25) is 0 Å². The second kappa shape index (κ2) is 5.11. The summed E-state index contributed by atoms with van der Waals surface area (Å²) >= 11 is 0.